The van der Waals surface area contributed by atoms with Crippen molar-refractivity contribution in [3.63, 3.8) is 0 Å². The van der Waals surface area contributed by atoms with E-state index in [0.29, 0.717) is 5.69 Å². The first kappa shape index (κ1) is 13.2. The van der Waals surface area contributed by atoms with Crippen LogP contribution in [0.5, 0.6) is 0 Å². The number of hydrogen-bond acceptors (Lipinski definition) is 2. The molecular formula is C10H9Br2NO3. The molecule has 0 aliphatic heterocycles. The molecule has 0 unspecified atom stereocenters. The number of hydrogen-bond donors (Lipinski definition) is 2. The van der Waals surface area contributed by atoms with E-state index in [4.69, 9.17) is 5.11 Å². The lowest BCUT2D eigenvalue weighted by molar-refractivity contribution is -0.137. The van der Waals surface area contributed by atoms with Crippen LogP contribution in [0.4, 0.5) is 5.69 Å². The predicted octanol–water partition coefficient (Wildman–Crippen LogP) is 2.24. The Balaban J connectivity index is 2.63. The third-order valence-electron chi connectivity index (χ3n) is 1.78. The van der Waals surface area contributed by atoms with Crippen molar-refractivity contribution < 1.29 is 14.7 Å². The Labute approximate surface area is 109 Å². The van der Waals surface area contributed by atoms with Gasteiger partial charge in [0.1, 0.15) is 9.65 Å². The predicted molar refractivity (Wildman–Crippen MR) is 68.1 cm³/mol. The van der Waals surface area contributed by atoms with Crippen LogP contribution >= 0.6 is 31.9 Å². The molecule has 0 spiro atoms. The van der Waals surface area contributed by atoms with Crippen LogP contribution in [-0.2, 0) is 9.59 Å². The van der Waals surface area contributed by atoms with Crippen molar-refractivity contribution in [2.75, 3.05) is 5.32 Å². The van der Waals surface area contributed by atoms with Gasteiger partial charge < -0.3 is 10.4 Å². The van der Waals surface area contributed by atoms with Crippen molar-refractivity contribution in [2.45, 2.75) is 9.65 Å². The number of rotatable bonds is 4. The summed E-state index contributed by atoms with van der Waals surface area (Å²) >= 11 is 5.94. The average Bonchev–Trinajstić information content (AvgIpc) is 2.28. The summed E-state index contributed by atoms with van der Waals surface area (Å²) in [5, 5.41) is 11.3. The minimum Gasteiger partial charge on any atom is -0.480 e. The summed E-state index contributed by atoms with van der Waals surface area (Å²) in [5.41, 5.74) is 0.627. The minimum absolute atomic E-state index is 0.407. The van der Waals surface area contributed by atoms with Crippen LogP contribution in [0.1, 0.15) is 0 Å². The number of amides is 1. The van der Waals surface area contributed by atoms with Crippen molar-refractivity contribution in [2.24, 2.45) is 0 Å². The van der Waals surface area contributed by atoms with Crippen LogP contribution in [0.15, 0.2) is 30.3 Å². The molecule has 1 aromatic rings. The molecule has 0 aliphatic rings. The summed E-state index contributed by atoms with van der Waals surface area (Å²) < 4.78 is 0. The van der Waals surface area contributed by atoms with E-state index in [0.717, 1.165) is 0 Å². The highest BCUT2D eigenvalue weighted by Crippen LogP contribution is 2.17. The van der Waals surface area contributed by atoms with Gasteiger partial charge in [0.2, 0.25) is 5.91 Å². The Bertz CT molecular complexity index is 383. The lowest BCUT2D eigenvalue weighted by atomic mass is 10.2. The van der Waals surface area contributed by atoms with Crippen molar-refractivity contribution >= 4 is 49.4 Å². The van der Waals surface area contributed by atoms with E-state index in [1.54, 1.807) is 24.3 Å². The molecule has 0 radical (unpaired) electrons. The van der Waals surface area contributed by atoms with E-state index in [1.807, 2.05) is 6.07 Å². The van der Waals surface area contributed by atoms with E-state index < -0.39 is 21.5 Å². The molecule has 0 saturated carbocycles. The Morgan fingerprint density at radius 2 is 1.69 bits per heavy atom. The number of nitrogens with one attached hydrogen (secondary N) is 1. The van der Waals surface area contributed by atoms with E-state index >= 15 is 0 Å². The van der Waals surface area contributed by atoms with E-state index in [2.05, 4.69) is 37.2 Å². The molecule has 1 amide bonds. The van der Waals surface area contributed by atoms with Crippen LogP contribution in [0.3, 0.4) is 0 Å². The van der Waals surface area contributed by atoms with Crippen LogP contribution < -0.4 is 5.32 Å². The van der Waals surface area contributed by atoms with Gasteiger partial charge in [-0.1, -0.05) is 50.1 Å². The van der Waals surface area contributed by atoms with Gasteiger partial charge in [-0.2, -0.15) is 0 Å². The molecule has 0 bridgehead atoms. The normalized spacial score (nSPS) is 13.9. The maximum Gasteiger partial charge on any atom is 0.318 e. The Kier molecular flexibility index (Phi) is 4.95. The number of carbonyl (C=O) groups excluding carboxylic acids is 1. The van der Waals surface area contributed by atoms with Gasteiger partial charge >= 0.3 is 5.97 Å². The number of carboxylic acid groups (broad SMARTS) is 1. The Hall–Kier alpha value is -0.880. The third-order valence-corrected chi connectivity index (χ3v) is 4.36. The number of carbonyl (C=O) groups is 2. The number of alkyl halides is 2. The average molecular weight is 351 g/mol. The van der Waals surface area contributed by atoms with Gasteiger partial charge in [-0.3, -0.25) is 9.59 Å². The Morgan fingerprint density at radius 1 is 1.12 bits per heavy atom. The highest BCUT2D eigenvalue weighted by Gasteiger charge is 2.29. The largest absolute Gasteiger partial charge is 0.480 e. The monoisotopic (exact) mass is 349 g/mol. The minimum atomic E-state index is -1.09. The fourth-order valence-electron chi connectivity index (χ4n) is 0.991. The topological polar surface area (TPSA) is 66.4 Å². The lowest BCUT2D eigenvalue weighted by Gasteiger charge is -2.12. The van der Waals surface area contributed by atoms with Gasteiger partial charge in [0.15, 0.2) is 0 Å². The summed E-state index contributed by atoms with van der Waals surface area (Å²) in [4.78, 5) is 20.5. The molecule has 1 aromatic carbocycles. The highest BCUT2D eigenvalue weighted by atomic mass is 79.9. The number of anilines is 1. The number of carboxylic acids is 1. The van der Waals surface area contributed by atoms with Gasteiger partial charge in [-0.05, 0) is 12.1 Å². The van der Waals surface area contributed by atoms with E-state index in [1.165, 1.54) is 0 Å². The molecule has 0 heterocycles. The van der Waals surface area contributed by atoms with Gasteiger partial charge in [0.25, 0.3) is 0 Å². The van der Waals surface area contributed by atoms with Gasteiger partial charge in [0, 0.05) is 5.69 Å². The van der Waals surface area contributed by atoms with Gasteiger partial charge in [-0.25, -0.2) is 0 Å². The summed E-state index contributed by atoms with van der Waals surface area (Å²) in [6, 6.07) is 8.83. The Morgan fingerprint density at radius 3 is 2.19 bits per heavy atom. The second kappa shape index (κ2) is 6.00. The fourth-order valence-corrected chi connectivity index (χ4v) is 1.57. The standard InChI is InChI=1S/C10H9Br2NO3/c11-7(8(12)10(15)16)9(14)13-6-4-2-1-3-5-6/h1-5,7-8H,(H,13,14)(H,15,16)/t7-,8+/m0/s1. The van der Waals surface area contributed by atoms with Crippen molar-refractivity contribution in [1.29, 1.82) is 0 Å². The third kappa shape index (κ3) is 3.61. The first-order valence-corrected chi connectivity index (χ1v) is 6.22. The fraction of sp³-hybridized carbons (Fsp3) is 0.200. The summed E-state index contributed by atoms with van der Waals surface area (Å²) in [6.45, 7) is 0. The molecule has 0 aromatic heterocycles. The SMILES string of the molecule is O=C(Nc1ccccc1)[C@@H](Br)[C@@H](Br)C(=O)O. The number of halogens is 2. The molecule has 1 rings (SSSR count). The zero-order chi connectivity index (χ0) is 12.1. The second-order valence-corrected chi connectivity index (χ2v) is 4.97. The van der Waals surface area contributed by atoms with Gasteiger partial charge in [0.05, 0.1) is 0 Å². The van der Waals surface area contributed by atoms with Crippen LogP contribution in [-0.4, -0.2) is 26.6 Å². The zero-order valence-electron chi connectivity index (χ0n) is 8.06. The summed E-state index contributed by atoms with van der Waals surface area (Å²) in [6.07, 6.45) is 0. The highest BCUT2D eigenvalue weighted by molar-refractivity contribution is 9.12. The molecule has 4 nitrogen and oxygen atoms in total. The molecule has 0 aliphatic carbocycles. The summed E-state index contributed by atoms with van der Waals surface area (Å²) in [5.74, 6) is -1.50. The van der Waals surface area contributed by atoms with Gasteiger partial charge in [-0.15, -0.1) is 0 Å². The number of para-hydroxylation sites is 1. The quantitative estimate of drug-likeness (QED) is 0.818. The maximum absolute atomic E-state index is 11.6. The molecule has 0 saturated heterocycles. The number of benzene rings is 1. The first-order chi connectivity index (χ1) is 7.52. The lowest BCUT2D eigenvalue weighted by Crippen LogP contribution is -2.34. The van der Waals surface area contributed by atoms with Crippen molar-refractivity contribution in [1.82, 2.24) is 0 Å². The zero-order valence-corrected chi connectivity index (χ0v) is 11.2. The molecular weight excluding hydrogens is 342 g/mol. The van der Waals surface area contributed by atoms with Crippen LogP contribution in [0.2, 0.25) is 0 Å². The second-order valence-electron chi connectivity index (χ2n) is 3.00. The van der Waals surface area contributed by atoms with E-state index in [-0.39, 0.29) is 0 Å². The molecule has 6 heteroatoms. The van der Waals surface area contributed by atoms with Crippen molar-refractivity contribution in [3.05, 3.63) is 30.3 Å². The molecule has 86 valence electrons. The molecule has 2 N–H and O–H groups in total. The maximum atomic E-state index is 11.6. The smallest absolute Gasteiger partial charge is 0.318 e. The van der Waals surface area contributed by atoms with Crippen LogP contribution in [0, 0.1) is 0 Å². The van der Waals surface area contributed by atoms with Crippen LogP contribution in [0.25, 0.3) is 0 Å². The van der Waals surface area contributed by atoms with Crippen molar-refractivity contribution in [3.8, 4) is 0 Å². The first-order valence-electron chi connectivity index (χ1n) is 4.39. The molecule has 0 fully saturated rings. The molecule has 2 atom stereocenters. The van der Waals surface area contributed by atoms with E-state index in [9.17, 15) is 9.59 Å². The number of aliphatic carboxylic acids is 1. The molecule has 16 heavy (non-hydrogen) atoms. The summed E-state index contributed by atoms with van der Waals surface area (Å²) in [7, 11) is 0.